The van der Waals surface area contributed by atoms with Crippen molar-refractivity contribution in [2.75, 3.05) is 6.54 Å². The highest BCUT2D eigenvalue weighted by Gasteiger charge is 2.41. The molecule has 0 aliphatic carbocycles. The van der Waals surface area contributed by atoms with Crippen LogP contribution in [0.4, 0.5) is 4.39 Å². The number of piperidine rings is 1. The average molecular weight is 446 g/mol. The molecule has 1 saturated heterocycles. The van der Waals surface area contributed by atoms with Gasteiger partial charge in [-0.3, -0.25) is 14.6 Å². The van der Waals surface area contributed by atoms with Crippen molar-refractivity contribution in [1.29, 1.82) is 0 Å². The van der Waals surface area contributed by atoms with Gasteiger partial charge in [-0.25, -0.2) is 4.39 Å². The number of nitrogens with two attached hydrogens (primary N) is 1. The van der Waals surface area contributed by atoms with Crippen LogP contribution < -0.4 is 5.73 Å². The van der Waals surface area contributed by atoms with Crippen LogP contribution >= 0.6 is 0 Å². The van der Waals surface area contributed by atoms with E-state index in [4.69, 9.17) is 5.73 Å². The summed E-state index contributed by atoms with van der Waals surface area (Å²) in [5.41, 5.74) is 8.96. The first kappa shape index (κ1) is 22.6. The normalized spacial score (nSPS) is 19.3. The molecule has 0 unspecified atom stereocenters. The van der Waals surface area contributed by atoms with E-state index in [1.165, 1.54) is 12.1 Å². The Hall–Kier alpha value is -3.54. The number of primary amides is 1. The fourth-order valence-electron chi connectivity index (χ4n) is 4.79. The van der Waals surface area contributed by atoms with Gasteiger partial charge in [0.25, 0.3) is 0 Å². The van der Waals surface area contributed by atoms with E-state index in [2.05, 4.69) is 17.1 Å². The third kappa shape index (κ3) is 4.95. The molecule has 1 aliphatic rings. The lowest BCUT2D eigenvalue weighted by atomic mass is 9.69. The Morgan fingerprint density at radius 2 is 1.85 bits per heavy atom. The van der Waals surface area contributed by atoms with Crippen molar-refractivity contribution in [2.45, 2.75) is 44.1 Å². The standard InChI is InChI=1S/C27H28FN3O2/c1-19(20-4-6-21(7-5-20)22-3-2-15-30-18-22)31-16-14-27(17-26(31)33,13-12-25(29)32)23-8-10-24(28)11-9-23/h2-11,15,18-19H,12-14,16-17H2,1H3,(H2,29,32)/t19-,27-/m0/s1. The van der Waals surface area contributed by atoms with Gasteiger partial charge in [0.1, 0.15) is 5.82 Å². The van der Waals surface area contributed by atoms with Crippen molar-refractivity contribution < 1.29 is 14.0 Å². The number of hydrogen-bond donors (Lipinski definition) is 1. The minimum absolute atomic E-state index is 0.0267. The molecule has 2 atom stereocenters. The van der Waals surface area contributed by atoms with Gasteiger partial charge in [0.15, 0.2) is 0 Å². The molecular formula is C27H28FN3O2. The number of benzene rings is 2. The Bertz CT molecular complexity index is 1120. The highest BCUT2D eigenvalue weighted by molar-refractivity contribution is 5.80. The predicted octanol–water partition coefficient (Wildman–Crippen LogP) is 4.77. The maximum absolute atomic E-state index is 13.5. The molecule has 0 bridgehead atoms. The first-order chi connectivity index (χ1) is 15.9. The van der Waals surface area contributed by atoms with Crippen LogP contribution in [0.2, 0.25) is 0 Å². The molecule has 6 heteroatoms. The second kappa shape index (κ2) is 9.53. The molecule has 2 N–H and O–H groups in total. The van der Waals surface area contributed by atoms with Gasteiger partial charge in [-0.1, -0.05) is 42.5 Å². The second-order valence-electron chi connectivity index (χ2n) is 8.81. The second-order valence-corrected chi connectivity index (χ2v) is 8.81. The quantitative estimate of drug-likeness (QED) is 0.569. The number of halogens is 1. The van der Waals surface area contributed by atoms with Crippen molar-refractivity contribution in [2.24, 2.45) is 5.73 Å². The fourth-order valence-corrected chi connectivity index (χ4v) is 4.79. The molecule has 2 amide bonds. The predicted molar refractivity (Wildman–Crippen MR) is 126 cm³/mol. The maximum atomic E-state index is 13.5. The van der Waals surface area contributed by atoms with E-state index >= 15 is 0 Å². The van der Waals surface area contributed by atoms with E-state index < -0.39 is 11.3 Å². The van der Waals surface area contributed by atoms with Crippen molar-refractivity contribution in [3.8, 4) is 11.1 Å². The number of rotatable bonds is 7. The monoisotopic (exact) mass is 445 g/mol. The van der Waals surface area contributed by atoms with Gasteiger partial charge >= 0.3 is 0 Å². The molecule has 2 heterocycles. The molecule has 5 nitrogen and oxygen atoms in total. The highest BCUT2D eigenvalue weighted by Crippen LogP contribution is 2.42. The molecule has 170 valence electrons. The summed E-state index contributed by atoms with van der Waals surface area (Å²) in [4.78, 5) is 30.9. The van der Waals surface area contributed by atoms with Crippen LogP contribution in [0, 0.1) is 5.82 Å². The lowest BCUT2D eigenvalue weighted by Crippen LogP contribution is -2.47. The highest BCUT2D eigenvalue weighted by atomic mass is 19.1. The number of aromatic nitrogens is 1. The Labute approximate surface area is 193 Å². The minimum atomic E-state index is -0.514. The SMILES string of the molecule is C[C@@H](c1ccc(-c2cccnc2)cc1)N1CC[C@](CCC(N)=O)(c2ccc(F)cc2)CC1=O. The van der Waals surface area contributed by atoms with Gasteiger partial charge in [0.2, 0.25) is 11.8 Å². The van der Waals surface area contributed by atoms with Crippen molar-refractivity contribution in [1.82, 2.24) is 9.88 Å². The van der Waals surface area contributed by atoms with E-state index in [1.54, 1.807) is 18.3 Å². The van der Waals surface area contributed by atoms with Gasteiger partial charge in [-0.15, -0.1) is 0 Å². The molecule has 0 radical (unpaired) electrons. The van der Waals surface area contributed by atoms with Crippen molar-refractivity contribution in [3.05, 3.63) is 90.0 Å². The van der Waals surface area contributed by atoms with Crippen LogP contribution in [0.15, 0.2) is 73.1 Å². The molecule has 0 saturated carbocycles. The molecule has 3 aromatic rings. The number of nitrogens with zero attached hydrogens (tertiary/aromatic N) is 2. The van der Waals surface area contributed by atoms with Crippen LogP contribution in [0.3, 0.4) is 0 Å². The van der Waals surface area contributed by atoms with E-state index in [9.17, 15) is 14.0 Å². The average Bonchev–Trinajstić information content (AvgIpc) is 2.83. The van der Waals surface area contributed by atoms with Crippen LogP contribution in [-0.4, -0.2) is 28.2 Å². The number of pyridine rings is 1. The lowest BCUT2D eigenvalue weighted by Gasteiger charge is -2.44. The van der Waals surface area contributed by atoms with Crippen LogP contribution in [-0.2, 0) is 15.0 Å². The van der Waals surface area contributed by atoms with Gasteiger partial charge < -0.3 is 10.6 Å². The Morgan fingerprint density at radius 1 is 1.12 bits per heavy atom. The summed E-state index contributed by atoms with van der Waals surface area (Å²) in [7, 11) is 0. The van der Waals surface area contributed by atoms with Crippen molar-refractivity contribution in [3.63, 3.8) is 0 Å². The minimum Gasteiger partial charge on any atom is -0.370 e. The van der Waals surface area contributed by atoms with E-state index in [-0.39, 0.29) is 30.6 Å². The Kier molecular flexibility index (Phi) is 6.54. The molecule has 1 fully saturated rings. The van der Waals surface area contributed by atoms with E-state index in [0.717, 1.165) is 22.3 Å². The number of carbonyl (C=O) groups is 2. The molecular weight excluding hydrogens is 417 g/mol. The molecule has 1 aliphatic heterocycles. The third-order valence-corrected chi connectivity index (χ3v) is 6.80. The van der Waals surface area contributed by atoms with E-state index in [1.807, 2.05) is 42.3 Å². The zero-order valence-corrected chi connectivity index (χ0v) is 18.7. The summed E-state index contributed by atoms with van der Waals surface area (Å²) in [5.74, 6) is -0.691. The number of carbonyl (C=O) groups excluding carboxylic acids is 2. The smallest absolute Gasteiger partial charge is 0.223 e. The van der Waals surface area contributed by atoms with E-state index in [0.29, 0.717) is 19.4 Å². The lowest BCUT2D eigenvalue weighted by molar-refractivity contribution is -0.139. The molecule has 33 heavy (non-hydrogen) atoms. The first-order valence-electron chi connectivity index (χ1n) is 11.2. The summed E-state index contributed by atoms with van der Waals surface area (Å²) in [6, 6.07) is 18.3. The van der Waals surface area contributed by atoms with Crippen LogP contribution in [0.5, 0.6) is 0 Å². The zero-order chi connectivity index (χ0) is 23.4. The summed E-state index contributed by atoms with van der Waals surface area (Å²) in [6.07, 6.45) is 5.20. The maximum Gasteiger partial charge on any atom is 0.223 e. The molecule has 0 spiro atoms. The summed E-state index contributed by atoms with van der Waals surface area (Å²) < 4.78 is 13.5. The summed E-state index contributed by atoms with van der Waals surface area (Å²) in [6.45, 7) is 2.59. The van der Waals surface area contributed by atoms with Crippen LogP contribution in [0.1, 0.15) is 49.8 Å². The summed E-state index contributed by atoms with van der Waals surface area (Å²) in [5, 5.41) is 0. The number of hydrogen-bond acceptors (Lipinski definition) is 3. The number of amides is 2. The zero-order valence-electron chi connectivity index (χ0n) is 18.7. The largest absolute Gasteiger partial charge is 0.370 e. The first-order valence-corrected chi connectivity index (χ1v) is 11.2. The topological polar surface area (TPSA) is 76.3 Å². The fraction of sp³-hybridized carbons (Fsp3) is 0.296. The van der Waals surface area contributed by atoms with Crippen molar-refractivity contribution >= 4 is 11.8 Å². The van der Waals surface area contributed by atoms with Gasteiger partial charge in [0, 0.05) is 37.2 Å². The number of likely N-dealkylation sites (tertiary alicyclic amines) is 1. The Morgan fingerprint density at radius 3 is 2.45 bits per heavy atom. The molecule has 1 aromatic heterocycles. The van der Waals surface area contributed by atoms with Gasteiger partial charge in [0.05, 0.1) is 6.04 Å². The molecule has 4 rings (SSSR count). The third-order valence-electron chi connectivity index (χ3n) is 6.80. The summed E-state index contributed by atoms with van der Waals surface area (Å²) >= 11 is 0. The van der Waals surface area contributed by atoms with Crippen LogP contribution in [0.25, 0.3) is 11.1 Å². The Balaban J connectivity index is 1.52. The van der Waals surface area contributed by atoms with Gasteiger partial charge in [-0.05, 0) is 60.2 Å². The molecule has 2 aromatic carbocycles. The van der Waals surface area contributed by atoms with Gasteiger partial charge in [-0.2, -0.15) is 0 Å².